The number of hydrogen-bond acceptors (Lipinski definition) is 2. The van der Waals surface area contributed by atoms with Gasteiger partial charge in [-0.2, -0.15) is 0 Å². The zero-order valence-corrected chi connectivity index (χ0v) is 11.7. The Balaban J connectivity index is 2.78. The topological polar surface area (TPSA) is 46.2 Å². The number of hydrogen-bond donors (Lipinski definition) is 2. The van der Waals surface area contributed by atoms with Gasteiger partial charge in [-0.15, -0.1) is 0 Å². The molecule has 0 heterocycles. The summed E-state index contributed by atoms with van der Waals surface area (Å²) in [5, 5.41) is 9.96. The molecule has 1 aromatic rings. The molecule has 2 nitrogen and oxygen atoms in total. The molecule has 0 spiro atoms. The van der Waals surface area contributed by atoms with Crippen LogP contribution in [0.25, 0.3) is 0 Å². The minimum Gasteiger partial charge on any atom is -0.391 e. The first-order valence-corrected chi connectivity index (χ1v) is 6.60. The summed E-state index contributed by atoms with van der Waals surface area (Å²) in [6, 6.07) is 4.00. The summed E-state index contributed by atoms with van der Waals surface area (Å²) in [5.74, 6) is 0.122. The van der Waals surface area contributed by atoms with Crippen LogP contribution in [0.5, 0.6) is 0 Å². The maximum absolute atomic E-state index is 13.6. The Hall–Kier alpha value is -0.450. The van der Waals surface area contributed by atoms with Crippen molar-refractivity contribution in [1.82, 2.24) is 0 Å². The van der Waals surface area contributed by atoms with Crippen LogP contribution < -0.4 is 5.73 Å². The van der Waals surface area contributed by atoms with Crippen LogP contribution in [-0.2, 0) is 0 Å². The lowest BCUT2D eigenvalue weighted by Crippen LogP contribution is -2.27. The molecule has 0 saturated carbocycles. The van der Waals surface area contributed by atoms with Gasteiger partial charge in [0.15, 0.2) is 0 Å². The van der Waals surface area contributed by atoms with E-state index in [0.29, 0.717) is 22.4 Å². The third-order valence-corrected chi connectivity index (χ3v) is 3.48. The van der Waals surface area contributed by atoms with Crippen molar-refractivity contribution in [2.75, 3.05) is 0 Å². The van der Waals surface area contributed by atoms with E-state index in [1.54, 1.807) is 12.1 Å². The summed E-state index contributed by atoms with van der Waals surface area (Å²) < 4.78 is 14.2. The molecule has 4 heteroatoms. The monoisotopic (exact) mass is 303 g/mol. The van der Waals surface area contributed by atoms with Crippen molar-refractivity contribution in [1.29, 1.82) is 0 Å². The number of aliphatic hydroxyl groups excluding tert-OH is 1. The quantitative estimate of drug-likeness (QED) is 0.876. The van der Waals surface area contributed by atoms with Crippen LogP contribution in [0.2, 0.25) is 0 Å². The first kappa shape index (κ1) is 14.6. The first-order chi connectivity index (χ1) is 7.93. The second-order valence-corrected chi connectivity index (χ2v) is 5.55. The van der Waals surface area contributed by atoms with Gasteiger partial charge in [0, 0.05) is 10.0 Å². The van der Waals surface area contributed by atoms with Gasteiger partial charge < -0.3 is 10.8 Å². The number of aliphatic hydroxyl groups is 1. The van der Waals surface area contributed by atoms with Gasteiger partial charge in [0.1, 0.15) is 5.82 Å². The van der Waals surface area contributed by atoms with Crippen LogP contribution in [0.1, 0.15) is 38.3 Å². The van der Waals surface area contributed by atoms with E-state index in [2.05, 4.69) is 29.8 Å². The summed E-state index contributed by atoms with van der Waals surface area (Å²) in [4.78, 5) is 0. The molecule has 0 amide bonds. The molecule has 0 aromatic heterocycles. The highest BCUT2D eigenvalue weighted by molar-refractivity contribution is 9.10. The largest absolute Gasteiger partial charge is 0.391 e. The van der Waals surface area contributed by atoms with Crippen molar-refractivity contribution in [3.8, 4) is 0 Å². The third kappa shape index (κ3) is 4.05. The molecule has 0 aliphatic heterocycles. The maximum Gasteiger partial charge on any atom is 0.129 e. The summed E-state index contributed by atoms with van der Waals surface area (Å²) in [6.07, 6.45) is 0.742. The van der Waals surface area contributed by atoms with Crippen molar-refractivity contribution < 1.29 is 9.50 Å². The molecule has 0 fully saturated rings. The molecule has 1 rings (SSSR count). The molecule has 0 radical (unpaired) electrons. The van der Waals surface area contributed by atoms with Gasteiger partial charge in [-0.1, -0.05) is 35.8 Å². The average Bonchev–Trinajstić information content (AvgIpc) is 2.25. The van der Waals surface area contributed by atoms with Gasteiger partial charge >= 0.3 is 0 Å². The molecule has 96 valence electrons. The fraction of sp³-hybridized carbons (Fsp3) is 0.538. The van der Waals surface area contributed by atoms with Gasteiger partial charge in [-0.3, -0.25) is 0 Å². The minimum absolute atomic E-state index is 0.351. The van der Waals surface area contributed by atoms with E-state index in [4.69, 9.17) is 5.73 Å². The zero-order valence-electron chi connectivity index (χ0n) is 10.2. The van der Waals surface area contributed by atoms with Crippen LogP contribution in [0.3, 0.4) is 0 Å². The molecule has 17 heavy (non-hydrogen) atoms. The summed E-state index contributed by atoms with van der Waals surface area (Å²) in [7, 11) is 0. The summed E-state index contributed by atoms with van der Waals surface area (Å²) >= 11 is 3.26. The van der Waals surface area contributed by atoms with Gasteiger partial charge in [0.2, 0.25) is 0 Å². The van der Waals surface area contributed by atoms with Crippen LogP contribution in [0, 0.1) is 11.7 Å². The molecule has 3 N–H and O–H groups in total. The second kappa shape index (κ2) is 6.47. The zero-order chi connectivity index (χ0) is 13.0. The highest BCUT2D eigenvalue weighted by Gasteiger charge is 2.22. The summed E-state index contributed by atoms with van der Waals surface area (Å²) in [6.45, 7) is 4.16. The SMILES string of the molecule is CC(C)CC[C@@H](O)[C@@H](N)c1c(F)cccc1Br. The Kier molecular flexibility index (Phi) is 5.56. The second-order valence-electron chi connectivity index (χ2n) is 4.70. The van der Waals surface area contributed by atoms with Crippen molar-refractivity contribution in [3.05, 3.63) is 34.1 Å². The maximum atomic E-state index is 13.6. The predicted octanol–water partition coefficient (Wildman–Crippen LogP) is 3.39. The Labute approximate surface area is 110 Å². The van der Waals surface area contributed by atoms with Crippen molar-refractivity contribution in [2.24, 2.45) is 11.7 Å². The number of nitrogens with two attached hydrogens (primary N) is 1. The van der Waals surface area contributed by atoms with Gasteiger partial charge in [0.25, 0.3) is 0 Å². The molecular formula is C13H19BrFNO. The minimum atomic E-state index is -0.717. The first-order valence-electron chi connectivity index (χ1n) is 5.81. The lowest BCUT2D eigenvalue weighted by molar-refractivity contribution is 0.126. The van der Waals surface area contributed by atoms with Crippen molar-refractivity contribution >= 4 is 15.9 Å². The molecule has 0 unspecified atom stereocenters. The third-order valence-electron chi connectivity index (χ3n) is 2.79. The number of benzene rings is 1. The highest BCUT2D eigenvalue weighted by atomic mass is 79.9. The van der Waals surface area contributed by atoms with Crippen LogP contribution >= 0.6 is 15.9 Å². The molecule has 0 bridgehead atoms. The molecule has 0 aliphatic carbocycles. The van der Waals surface area contributed by atoms with Gasteiger partial charge in [-0.25, -0.2) is 4.39 Å². The standard InChI is InChI=1S/C13H19BrFNO/c1-8(2)6-7-11(17)13(16)12-9(14)4-3-5-10(12)15/h3-5,8,11,13,17H,6-7,16H2,1-2H3/t11-,13-/m1/s1. The highest BCUT2D eigenvalue weighted by Crippen LogP contribution is 2.28. The molecular weight excluding hydrogens is 285 g/mol. The fourth-order valence-corrected chi connectivity index (χ4v) is 2.31. The Morgan fingerprint density at radius 1 is 1.35 bits per heavy atom. The molecule has 0 saturated heterocycles. The smallest absolute Gasteiger partial charge is 0.129 e. The number of rotatable bonds is 5. The van der Waals surface area contributed by atoms with E-state index in [9.17, 15) is 9.50 Å². The van der Waals surface area contributed by atoms with Crippen molar-refractivity contribution in [3.63, 3.8) is 0 Å². The van der Waals surface area contributed by atoms with E-state index < -0.39 is 12.1 Å². The predicted molar refractivity (Wildman–Crippen MR) is 71.1 cm³/mol. The van der Waals surface area contributed by atoms with Crippen LogP contribution in [-0.4, -0.2) is 11.2 Å². The van der Waals surface area contributed by atoms with Crippen LogP contribution in [0.15, 0.2) is 22.7 Å². The van der Waals surface area contributed by atoms with Gasteiger partial charge in [-0.05, 0) is 30.9 Å². The lowest BCUT2D eigenvalue weighted by atomic mass is 9.96. The Bertz CT molecular complexity index is 350. The summed E-state index contributed by atoms with van der Waals surface area (Å²) in [5.41, 5.74) is 6.26. The van der Waals surface area contributed by atoms with Crippen molar-refractivity contribution in [2.45, 2.75) is 38.8 Å². The lowest BCUT2D eigenvalue weighted by Gasteiger charge is -2.21. The molecule has 0 aliphatic rings. The molecule has 1 aromatic carbocycles. The number of halogens is 2. The van der Waals surface area contributed by atoms with E-state index in [-0.39, 0.29) is 5.82 Å². The van der Waals surface area contributed by atoms with Gasteiger partial charge in [0.05, 0.1) is 12.1 Å². The van der Waals surface area contributed by atoms with E-state index >= 15 is 0 Å². The van der Waals surface area contributed by atoms with Crippen LogP contribution in [0.4, 0.5) is 4.39 Å². The van der Waals surface area contributed by atoms with E-state index in [1.165, 1.54) is 6.07 Å². The normalized spacial score (nSPS) is 15.0. The molecule has 2 atom stereocenters. The van der Waals surface area contributed by atoms with E-state index in [1.807, 2.05) is 0 Å². The Morgan fingerprint density at radius 2 is 2.00 bits per heavy atom. The average molecular weight is 304 g/mol. The fourth-order valence-electron chi connectivity index (χ4n) is 1.71. The van der Waals surface area contributed by atoms with E-state index in [0.717, 1.165) is 6.42 Å². The Morgan fingerprint density at radius 3 is 2.53 bits per heavy atom.